The Morgan fingerprint density at radius 3 is 2.49 bits per heavy atom. The van der Waals surface area contributed by atoms with Gasteiger partial charge in [-0.05, 0) is 56.6 Å². The molecule has 200 valence electrons. The number of piperidine rings is 1. The zero-order valence-electron chi connectivity index (χ0n) is 21.3. The number of anilines is 1. The van der Waals surface area contributed by atoms with Crippen LogP contribution in [0.1, 0.15) is 80.1 Å². The van der Waals surface area contributed by atoms with Gasteiger partial charge in [0.2, 0.25) is 11.8 Å². The highest BCUT2D eigenvalue weighted by Crippen LogP contribution is 2.40. The third-order valence-corrected chi connectivity index (χ3v) is 9.16. The first-order chi connectivity index (χ1) is 17.8. The quantitative estimate of drug-likeness (QED) is 0.562. The number of rotatable bonds is 7. The van der Waals surface area contributed by atoms with E-state index in [1.54, 1.807) is 4.90 Å². The highest BCUT2D eigenvalue weighted by Gasteiger charge is 2.43. The standard InChI is InChI=1S/C28H36F2N4O3/c29-28(30)13-15-32(17-28)19-6-8-20(9-7-19)33(14-12-18-4-5-18)23-3-1-2-21-22(23)16-34(27(21)37)24-10-11-25(35)31-26(24)36/h1-3,18-20,24H,4-17H2,(H,31,35,36). The second-order valence-corrected chi connectivity index (χ2v) is 11.7. The minimum absolute atomic E-state index is 0.0334. The third kappa shape index (κ3) is 4.99. The highest BCUT2D eigenvalue weighted by atomic mass is 19.3. The molecular weight excluding hydrogens is 478 g/mol. The first-order valence-electron chi connectivity index (χ1n) is 13.9. The van der Waals surface area contributed by atoms with Gasteiger partial charge in [0.25, 0.3) is 11.8 Å². The van der Waals surface area contributed by atoms with Crippen LogP contribution in [-0.2, 0) is 16.1 Å². The van der Waals surface area contributed by atoms with E-state index in [0.717, 1.165) is 55.8 Å². The predicted octanol–water partition coefficient (Wildman–Crippen LogP) is 3.71. The van der Waals surface area contributed by atoms with Crippen LogP contribution in [0.2, 0.25) is 0 Å². The van der Waals surface area contributed by atoms with Gasteiger partial charge in [-0.1, -0.05) is 18.9 Å². The van der Waals surface area contributed by atoms with Gasteiger partial charge >= 0.3 is 0 Å². The number of hydrogen-bond donors (Lipinski definition) is 1. The summed E-state index contributed by atoms with van der Waals surface area (Å²) in [5, 5.41) is 2.38. The highest BCUT2D eigenvalue weighted by molar-refractivity contribution is 6.06. The maximum Gasteiger partial charge on any atom is 0.261 e. The molecule has 1 atom stereocenters. The maximum atomic E-state index is 13.8. The Balaban J connectivity index is 1.20. The summed E-state index contributed by atoms with van der Waals surface area (Å²) in [6.45, 7) is 1.66. The fourth-order valence-corrected chi connectivity index (χ4v) is 6.88. The Labute approximate surface area is 216 Å². The number of halogens is 2. The van der Waals surface area contributed by atoms with Crippen LogP contribution in [0.25, 0.3) is 0 Å². The average molecular weight is 515 g/mol. The minimum atomic E-state index is -2.56. The number of imide groups is 1. The molecule has 0 spiro atoms. The summed E-state index contributed by atoms with van der Waals surface area (Å²) < 4.78 is 27.6. The molecule has 0 aromatic heterocycles. The zero-order chi connectivity index (χ0) is 25.7. The van der Waals surface area contributed by atoms with Crippen LogP contribution in [0.3, 0.4) is 0 Å². The molecule has 1 aromatic rings. The number of benzene rings is 1. The third-order valence-electron chi connectivity index (χ3n) is 9.16. The largest absolute Gasteiger partial charge is 0.368 e. The van der Waals surface area contributed by atoms with E-state index < -0.39 is 17.9 Å². The number of carbonyl (C=O) groups is 3. The van der Waals surface area contributed by atoms with Crippen LogP contribution in [0.15, 0.2) is 18.2 Å². The number of nitrogens with one attached hydrogen (secondary N) is 1. The van der Waals surface area contributed by atoms with E-state index in [2.05, 4.69) is 16.3 Å². The molecule has 5 aliphatic rings. The molecule has 9 heteroatoms. The van der Waals surface area contributed by atoms with Crippen molar-refractivity contribution in [3.63, 3.8) is 0 Å². The Morgan fingerprint density at radius 1 is 1.03 bits per heavy atom. The SMILES string of the molecule is O=C1CCC(N2Cc3c(cccc3N(CCC3CC3)C3CCC(N4CCC(F)(F)C4)CC3)C2=O)C(=O)N1. The van der Waals surface area contributed by atoms with E-state index in [1.807, 2.05) is 17.0 Å². The first-order valence-corrected chi connectivity index (χ1v) is 13.9. The summed E-state index contributed by atoms with van der Waals surface area (Å²) in [5.74, 6) is -2.62. The summed E-state index contributed by atoms with van der Waals surface area (Å²) in [4.78, 5) is 43.6. The fourth-order valence-electron chi connectivity index (χ4n) is 6.88. The topological polar surface area (TPSA) is 73.0 Å². The summed E-state index contributed by atoms with van der Waals surface area (Å²) in [7, 11) is 0. The van der Waals surface area contributed by atoms with Crippen LogP contribution in [0.4, 0.5) is 14.5 Å². The van der Waals surface area contributed by atoms with Gasteiger partial charge in [-0.2, -0.15) is 0 Å². The van der Waals surface area contributed by atoms with Crippen molar-refractivity contribution in [3.8, 4) is 0 Å². The lowest BCUT2D eigenvalue weighted by atomic mass is 9.88. The van der Waals surface area contributed by atoms with E-state index in [1.165, 1.54) is 12.8 Å². The van der Waals surface area contributed by atoms with Gasteiger partial charge in [0, 0.05) is 61.4 Å². The molecular formula is C28H36F2N4O3. The maximum absolute atomic E-state index is 13.8. The van der Waals surface area contributed by atoms with Crippen molar-refractivity contribution in [2.24, 2.45) is 5.92 Å². The number of likely N-dealkylation sites (tertiary alicyclic amines) is 1. The molecule has 0 radical (unpaired) electrons. The summed E-state index contributed by atoms with van der Waals surface area (Å²) in [6.07, 6.45) is 7.96. The molecule has 3 heterocycles. The summed E-state index contributed by atoms with van der Waals surface area (Å²) in [6, 6.07) is 5.78. The first kappa shape index (κ1) is 24.8. The van der Waals surface area contributed by atoms with E-state index in [9.17, 15) is 23.2 Å². The van der Waals surface area contributed by atoms with Gasteiger partial charge in [0.05, 0.1) is 6.54 Å². The molecule has 7 nitrogen and oxygen atoms in total. The van der Waals surface area contributed by atoms with Gasteiger partial charge in [-0.3, -0.25) is 24.6 Å². The predicted molar refractivity (Wildman–Crippen MR) is 134 cm³/mol. The van der Waals surface area contributed by atoms with Crippen molar-refractivity contribution < 1.29 is 23.2 Å². The van der Waals surface area contributed by atoms with Crippen LogP contribution >= 0.6 is 0 Å². The van der Waals surface area contributed by atoms with Gasteiger partial charge in [-0.15, -0.1) is 0 Å². The number of amides is 3. The van der Waals surface area contributed by atoms with Gasteiger partial charge < -0.3 is 9.80 Å². The molecule has 2 saturated carbocycles. The molecule has 0 bridgehead atoms. The van der Waals surface area contributed by atoms with Crippen molar-refractivity contribution in [2.75, 3.05) is 24.5 Å². The molecule has 2 saturated heterocycles. The molecule has 37 heavy (non-hydrogen) atoms. The summed E-state index contributed by atoms with van der Waals surface area (Å²) >= 11 is 0. The second kappa shape index (κ2) is 9.64. The Morgan fingerprint density at radius 2 is 1.81 bits per heavy atom. The van der Waals surface area contributed by atoms with Crippen LogP contribution in [0, 0.1) is 5.92 Å². The molecule has 1 aromatic carbocycles. The lowest BCUT2D eigenvalue weighted by Gasteiger charge is -2.41. The molecule has 6 rings (SSSR count). The Hall–Kier alpha value is -2.55. The van der Waals surface area contributed by atoms with Crippen molar-refractivity contribution in [1.82, 2.24) is 15.1 Å². The monoisotopic (exact) mass is 514 g/mol. The molecule has 3 amide bonds. The zero-order valence-corrected chi connectivity index (χ0v) is 21.3. The van der Waals surface area contributed by atoms with E-state index in [-0.39, 0.29) is 37.2 Å². The molecule has 1 N–H and O–H groups in total. The normalized spacial score (nSPS) is 29.9. The van der Waals surface area contributed by atoms with Gasteiger partial charge in [0.1, 0.15) is 6.04 Å². The van der Waals surface area contributed by atoms with Gasteiger partial charge in [0.15, 0.2) is 0 Å². The Kier molecular flexibility index (Phi) is 6.45. The smallest absolute Gasteiger partial charge is 0.261 e. The summed E-state index contributed by atoms with van der Waals surface area (Å²) in [5.41, 5.74) is 2.68. The molecule has 1 unspecified atom stereocenters. The van der Waals surface area contributed by atoms with E-state index in [4.69, 9.17) is 0 Å². The lowest BCUT2D eigenvalue weighted by Crippen LogP contribution is -2.52. The number of hydrogen-bond acceptors (Lipinski definition) is 5. The van der Waals surface area contributed by atoms with Crippen LogP contribution in [-0.4, -0.2) is 71.2 Å². The molecule has 2 aliphatic carbocycles. The number of fused-ring (bicyclic) bond motifs is 1. The second-order valence-electron chi connectivity index (χ2n) is 11.7. The minimum Gasteiger partial charge on any atom is -0.368 e. The van der Waals surface area contributed by atoms with Crippen molar-refractivity contribution >= 4 is 23.4 Å². The van der Waals surface area contributed by atoms with Crippen molar-refractivity contribution in [1.29, 1.82) is 0 Å². The number of nitrogens with zero attached hydrogens (tertiary/aromatic N) is 3. The van der Waals surface area contributed by atoms with Crippen LogP contribution < -0.4 is 10.2 Å². The van der Waals surface area contributed by atoms with E-state index >= 15 is 0 Å². The lowest BCUT2D eigenvalue weighted by molar-refractivity contribution is -0.136. The average Bonchev–Trinajstić information content (AvgIpc) is 3.55. The van der Waals surface area contributed by atoms with Crippen molar-refractivity contribution in [2.45, 2.75) is 94.8 Å². The Bertz CT molecular complexity index is 1080. The van der Waals surface area contributed by atoms with E-state index in [0.29, 0.717) is 31.1 Å². The van der Waals surface area contributed by atoms with Crippen molar-refractivity contribution in [3.05, 3.63) is 29.3 Å². The van der Waals surface area contributed by atoms with Gasteiger partial charge in [-0.25, -0.2) is 8.78 Å². The number of carbonyl (C=O) groups excluding carboxylic acids is 3. The van der Waals surface area contributed by atoms with Crippen LogP contribution in [0.5, 0.6) is 0 Å². The molecule has 4 fully saturated rings. The number of alkyl halides is 2. The molecule has 3 aliphatic heterocycles. The fraction of sp³-hybridized carbons (Fsp3) is 0.679.